The lowest BCUT2D eigenvalue weighted by molar-refractivity contribution is 0.0514. The van der Waals surface area contributed by atoms with E-state index in [0.717, 1.165) is 11.1 Å². The molecular weight excluding hydrogens is 477 g/mol. The summed E-state index contributed by atoms with van der Waals surface area (Å²) >= 11 is 19.8. The molecule has 0 unspecified atom stereocenters. The fraction of sp³-hybridized carbons (Fsp3) is 0.136. The predicted molar refractivity (Wildman–Crippen MR) is 127 cm³/mol. The zero-order chi connectivity index (χ0) is 22.0. The van der Waals surface area contributed by atoms with Crippen LogP contribution in [0.2, 0.25) is 15.1 Å². The van der Waals surface area contributed by atoms with E-state index in [1.54, 1.807) is 12.1 Å². The highest BCUT2D eigenvalue weighted by Gasteiger charge is 2.21. The molecule has 0 fully saturated rings. The number of ether oxygens (including phenoxy) is 1. The Labute approximate surface area is 198 Å². The largest absolute Gasteiger partial charge is 0.461 e. The van der Waals surface area contributed by atoms with Crippen LogP contribution < -0.4 is 5.32 Å². The van der Waals surface area contributed by atoms with Crippen molar-refractivity contribution in [1.82, 2.24) is 9.97 Å². The van der Waals surface area contributed by atoms with Crippen molar-refractivity contribution in [3.05, 3.63) is 79.9 Å². The van der Waals surface area contributed by atoms with Gasteiger partial charge in [0.1, 0.15) is 21.9 Å². The smallest absolute Gasteiger partial charge is 0.348 e. The maximum Gasteiger partial charge on any atom is 0.348 e. The Morgan fingerprint density at radius 3 is 2.52 bits per heavy atom. The van der Waals surface area contributed by atoms with Gasteiger partial charge < -0.3 is 10.1 Å². The second kappa shape index (κ2) is 9.40. The number of nitrogens with zero attached hydrogens (tertiary/aromatic N) is 2. The SMILES string of the molecule is Cc1c(C(=O)OCCc2ccccc2)sc2ncnc(Nc3c(Cl)cc(Cl)cc3Cl)c12. The number of aryl methyl sites for hydroxylation is 1. The van der Waals surface area contributed by atoms with E-state index >= 15 is 0 Å². The molecule has 0 radical (unpaired) electrons. The van der Waals surface area contributed by atoms with Crippen molar-refractivity contribution in [3.63, 3.8) is 0 Å². The van der Waals surface area contributed by atoms with E-state index in [1.807, 2.05) is 37.3 Å². The van der Waals surface area contributed by atoms with Crippen LogP contribution in [-0.4, -0.2) is 22.5 Å². The van der Waals surface area contributed by atoms with E-state index < -0.39 is 0 Å². The Hall–Kier alpha value is -2.38. The molecule has 0 amide bonds. The summed E-state index contributed by atoms with van der Waals surface area (Å²) in [7, 11) is 0. The predicted octanol–water partition coefficient (Wildman–Crippen LogP) is 7.10. The van der Waals surface area contributed by atoms with Crippen LogP contribution in [0.25, 0.3) is 10.2 Å². The summed E-state index contributed by atoms with van der Waals surface area (Å²) in [6.45, 7) is 2.13. The Morgan fingerprint density at radius 2 is 1.81 bits per heavy atom. The number of benzene rings is 2. The van der Waals surface area contributed by atoms with E-state index in [2.05, 4.69) is 15.3 Å². The highest BCUT2D eigenvalue weighted by atomic mass is 35.5. The Morgan fingerprint density at radius 1 is 1.10 bits per heavy atom. The molecule has 4 rings (SSSR count). The lowest BCUT2D eigenvalue weighted by Gasteiger charge is -2.11. The van der Waals surface area contributed by atoms with E-state index in [1.165, 1.54) is 17.7 Å². The van der Waals surface area contributed by atoms with Gasteiger partial charge in [0.15, 0.2) is 0 Å². The van der Waals surface area contributed by atoms with Gasteiger partial charge in [0.05, 0.1) is 27.7 Å². The van der Waals surface area contributed by atoms with Crippen molar-refractivity contribution in [3.8, 4) is 0 Å². The zero-order valence-corrected chi connectivity index (χ0v) is 19.4. The standard InChI is InChI=1S/C22H16Cl3N3O2S/c1-12-17-20(28-18-15(24)9-14(23)10-16(18)25)26-11-27-21(17)31-19(12)22(29)30-8-7-13-5-3-2-4-6-13/h2-6,9-11H,7-8H2,1H3,(H,26,27,28). The Kier molecular flexibility index (Phi) is 6.62. The van der Waals surface area contributed by atoms with E-state index in [9.17, 15) is 4.79 Å². The lowest BCUT2D eigenvalue weighted by atomic mass is 10.2. The third-order valence-electron chi connectivity index (χ3n) is 4.63. The number of hydrogen-bond acceptors (Lipinski definition) is 6. The van der Waals surface area contributed by atoms with Crippen molar-refractivity contribution in [2.45, 2.75) is 13.3 Å². The molecule has 5 nitrogen and oxygen atoms in total. The quantitative estimate of drug-likeness (QED) is 0.291. The molecule has 0 bridgehead atoms. The highest BCUT2D eigenvalue weighted by Crippen LogP contribution is 2.39. The average molecular weight is 493 g/mol. The third kappa shape index (κ3) is 4.77. The van der Waals surface area contributed by atoms with E-state index in [-0.39, 0.29) is 5.97 Å². The van der Waals surface area contributed by atoms with Gasteiger partial charge in [-0.1, -0.05) is 65.1 Å². The van der Waals surface area contributed by atoms with Crippen LogP contribution in [0.3, 0.4) is 0 Å². The molecule has 0 saturated heterocycles. The molecule has 0 aliphatic rings. The topological polar surface area (TPSA) is 64.1 Å². The summed E-state index contributed by atoms with van der Waals surface area (Å²) in [6, 6.07) is 13.0. The molecule has 0 aliphatic heterocycles. The fourth-order valence-electron chi connectivity index (χ4n) is 3.11. The summed E-state index contributed by atoms with van der Waals surface area (Å²) in [5.74, 6) is 0.109. The Balaban J connectivity index is 1.58. The number of aromatic nitrogens is 2. The molecule has 0 aliphatic carbocycles. The second-order valence-corrected chi connectivity index (χ2v) is 8.95. The summed E-state index contributed by atoms with van der Waals surface area (Å²) in [5.41, 5.74) is 2.32. The molecule has 2 aromatic carbocycles. The molecule has 1 N–H and O–H groups in total. The van der Waals surface area contributed by atoms with Crippen molar-refractivity contribution < 1.29 is 9.53 Å². The number of halogens is 3. The summed E-state index contributed by atoms with van der Waals surface area (Å²) in [6.07, 6.45) is 2.07. The van der Waals surface area contributed by atoms with Crippen LogP contribution in [0.5, 0.6) is 0 Å². The van der Waals surface area contributed by atoms with Crippen molar-refractivity contribution in [2.75, 3.05) is 11.9 Å². The number of hydrogen-bond donors (Lipinski definition) is 1. The van der Waals surface area contributed by atoms with Gasteiger partial charge in [-0.05, 0) is 30.2 Å². The zero-order valence-electron chi connectivity index (χ0n) is 16.3. The van der Waals surface area contributed by atoms with Crippen molar-refractivity contribution >= 4 is 73.8 Å². The van der Waals surface area contributed by atoms with Crippen LogP contribution in [0.15, 0.2) is 48.8 Å². The molecule has 4 aromatic rings. The number of carbonyl (C=O) groups is 1. The van der Waals surface area contributed by atoms with Gasteiger partial charge in [-0.15, -0.1) is 11.3 Å². The average Bonchev–Trinajstić information content (AvgIpc) is 3.09. The maximum absolute atomic E-state index is 12.7. The fourth-order valence-corrected chi connectivity index (χ4v) is 5.07. The highest BCUT2D eigenvalue weighted by molar-refractivity contribution is 7.20. The molecule has 31 heavy (non-hydrogen) atoms. The van der Waals surface area contributed by atoms with Crippen molar-refractivity contribution in [2.24, 2.45) is 0 Å². The first kappa shape index (κ1) is 21.8. The minimum absolute atomic E-state index is 0.295. The van der Waals surface area contributed by atoms with Crippen LogP contribution in [-0.2, 0) is 11.2 Å². The molecule has 0 saturated carbocycles. The van der Waals surface area contributed by atoms with Gasteiger partial charge in [-0.2, -0.15) is 0 Å². The first-order valence-corrected chi connectivity index (χ1v) is 11.3. The maximum atomic E-state index is 12.7. The number of esters is 1. The van der Waals surface area contributed by atoms with Crippen LogP contribution in [0, 0.1) is 6.92 Å². The van der Waals surface area contributed by atoms with Gasteiger partial charge in [0.2, 0.25) is 0 Å². The van der Waals surface area contributed by atoms with Gasteiger partial charge in [0.25, 0.3) is 0 Å². The summed E-state index contributed by atoms with van der Waals surface area (Å²) < 4.78 is 5.50. The molecule has 2 heterocycles. The number of nitrogens with one attached hydrogen (secondary N) is 1. The normalized spacial score (nSPS) is 11.0. The van der Waals surface area contributed by atoms with Crippen LogP contribution >= 0.6 is 46.1 Å². The molecule has 2 aromatic heterocycles. The van der Waals surface area contributed by atoms with Crippen LogP contribution in [0.4, 0.5) is 11.5 Å². The molecule has 0 atom stereocenters. The number of thiophene rings is 1. The number of rotatable bonds is 6. The number of fused-ring (bicyclic) bond motifs is 1. The van der Waals surface area contributed by atoms with Crippen LogP contribution in [0.1, 0.15) is 20.8 Å². The molecular formula is C22H16Cl3N3O2S. The molecule has 158 valence electrons. The first-order valence-electron chi connectivity index (χ1n) is 9.30. The monoisotopic (exact) mass is 491 g/mol. The first-order chi connectivity index (χ1) is 14.9. The summed E-state index contributed by atoms with van der Waals surface area (Å²) in [4.78, 5) is 22.5. The molecule has 9 heteroatoms. The van der Waals surface area contributed by atoms with E-state index in [0.29, 0.717) is 54.7 Å². The number of carbonyl (C=O) groups excluding carboxylic acids is 1. The van der Waals surface area contributed by atoms with Gasteiger partial charge in [0, 0.05) is 11.4 Å². The summed E-state index contributed by atoms with van der Waals surface area (Å²) in [5, 5.41) is 5.01. The van der Waals surface area contributed by atoms with Gasteiger partial charge in [-0.25, -0.2) is 14.8 Å². The van der Waals surface area contributed by atoms with E-state index in [4.69, 9.17) is 39.5 Å². The minimum Gasteiger partial charge on any atom is -0.461 e. The van der Waals surface area contributed by atoms with Crippen molar-refractivity contribution in [1.29, 1.82) is 0 Å². The second-order valence-electron chi connectivity index (χ2n) is 6.70. The van der Waals surface area contributed by atoms with Gasteiger partial charge in [-0.3, -0.25) is 0 Å². The van der Waals surface area contributed by atoms with Gasteiger partial charge >= 0.3 is 5.97 Å². The lowest BCUT2D eigenvalue weighted by Crippen LogP contribution is -2.07. The third-order valence-corrected chi connectivity index (χ3v) is 6.62. The number of anilines is 2. The Bertz CT molecular complexity index is 1240. The minimum atomic E-state index is -0.384. The molecule has 0 spiro atoms.